The molecule has 0 spiro atoms. The molecule has 2 fully saturated rings. The molecular formula is C40H56N8O4. The second-order valence-electron chi connectivity index (χ2n) is 15.1. The number of likely N-dealkylation sites (tertiary alicyclic amines) is 1. The largest absolute Gasteiger partial charge is 0.481 e. The predicted octanol–water partition coefficient (Wildman–Crippen LogP) is 4.84. The second-order valence-corrected chi connectivity index (χ2v) is 15.1. The van der Waals surface area contributed by atoms with Gasteiger partial charge in [0.15, 0.2) is 0 Å². The Bertz CT molecular complexity index is 1720. The monoisotopic (exact) mass is 712 g/mol. The Kier molecular flexibility index (Phi) is 12.5. The number of pyridine rings is 1. The number of primary amides is 1. The van der Waals surface area contributed by atoms with Gasteiger partial charge in [0.05, 0.1) is 17.8 Å². The number of rotatable bonds is 16. The minimum atomic E-state index is -0.798. The van der Waals surface area contributed by atoms with Crippen molar-refractivity contribution < 1.29 is 19.5 Å². The molecule has 2 atom stereocenters. The van der Waals surface area contributed by atoms with E-state index in [1.165, 1.54) is 5.56 Å². The lowest BCUT2D eigenvalue weighted by Crippen LogP contribution is -2.48. The van der Waals surface area contributed by atoms with E-state index in [1.807, 2.05) is 23.4 Å². The summed E-state index contributed by atoms with van der Waals surface area (Å²) >= 11 is 0. The number of aryl methyl sites for hydroxylation is 4. The highest BCUT2D eigenvalue weighted by Gasteiger charge is 2.28. The molecule has 6 rings (SSSR count). The first-order valence-corrected chi connectivity index (χ1v) is 19.3. The number of nitrogens with one attached hydrogen (secondary N) is 1. The number of carboxylic acids is 1. The van der Waals surface area contributed by atoms with Gasteiger partial charge in [0.1, 0.15) is 5.82 Å². The van der Waals surface area contributed by atoms with Crippen LogP contribution in [-0.4, -0.2) is 99.8 Å². The van der Waals surface area contributed by atoms with Gasteiger partial charge in [0.25, 0.3) is 0 Å². The molecule has 12 heteroatoms. The Balaban J connectivity index is 1.12. The number of carboxylic acid groups (broad SMARTS) is 1. The maximum absolute atomic E-state index is 13.0. The molecule has 3 aliphatic rings. The number of carbonyl (C=O) groups excluding carboxylic acids is 2. The maximum atomic E-state index is 13.0. The van der Waals surface area contributed by atoms with Gasteiger partial charge in [-0.25, -0.2) is 9.67 Å². The molecule has 0 bridgehead atoms. The van der Waals surface area contributed by atoms with Crippen molar-refractivity contribution in [3.63, 3.8) is 0 Å². The molecular weight excluding hydrogens is 656 g/mol. The first-order valence-electron chi connectivity index (χ1n) is 19.3. The summed E-state index contributed by atoms with van der Waals surface area (Å²) in [7, 11) is 0. The first-order chi connectivity index (χ1) is 25.1. The molecule has 3 aliphatic heterocycles. The third kappa shape index (κ3) is 9.90. The predicted molar refractivity (Wildman–Crippen MR) is 203 cm³/mol. The van der Waals surface area contributed by atoms with Crippen molar-refractivity contribution in [3.05, 3.63) is 64.6 Å². The maximum Gasteiger partial charge on any atom is 0.304 e. The Morgan fingerprint density at radius 1 is 0.981 bits per heavy atom. The van der Waals surface area contributed by atoms with Crippen LogP contribution in [0.3, 0.4) is 0 Å². The number of amides is 2. The summed E-state index contributed by atoms with van der Waals surface area (Å²) < 4.78 is 1.95. The van der Waals surface area contributed by atoms with E-state index >= 15 is 0 Å². The lowest BCUT2D eigenvalue weighted by atomic mass is 9.93. The van der Waals surface area contributed by atoms with Gasteiger partial charge >= 0.3 is 5.97 Å². The average molecular weight is 713 g/mol. The number of aliphatic carboxylic acids is 1. The molecule has 0 saturated carbocycles. The van der Waals surface area contributed by atoms with E-state index in [-0.39, 0.29) is 24.2 Å². The van der Waals surface area contributed by atoms with Gasteiger partial charge in [-0.3, -0.25) is 14.4 Å². The first kappa shape index (κ1) is 37.3. The van der Waals surface area contributed by atoms with Crippen LogP contribution in [-0.2, 0) is 27.2 Å². The van der Waals surface area contributed by atoms with Crippen molar-refractivity contribution in [2.45, 2.75) is 90.4 Å². The number of unbranched alkanes of at least 4 members (excludes halogenated alkanes) is 2. The molecule has 4 N–H and O–H groups in total. The Morgan fingerprint density at radius 2 is 1.77 bits per heavy atom. The van der Waals surface area contributed by atoms with Crippen LogP contribution in [0.25, 0.3) is 5.69 Å². The van der Waals surface area contributed by atoms with Crippen molar-refractivity contribution >= 4 is 29.3 Å². The van der Waals surface area contributed by atoms with Crippen LogP contribution in [0.15, 0.2) is 36.4 Å². The number of carbonyl (C=O) groups is 3. The fourth-order valence-electron chi connectivity index (χ4n) is 8.16. The van der Waals surface area contributed by atoms with Gasteiger partial charge in [0, 0.05) is 81.6 Å². The highest BCUT2D eigenvalue weighted by Crippen LogP contribution is 2.32. The van der Waals surface area contributed by atoms with Gasteiger partial charge in [-0.1, -0.05) is 12.5 Å². The van der Waals surface area contributed by atoms with Crippen LogP contribution >= 0.6 is 0 Å². The number of aromatic nitrogens is 3. The zero-order chi connectivity index (χ0) is 36.6. The van der Waals surface area contributed by atoms with Gasteiger partial charge in [-0.2, -0.15) is 5.10 Å². The van der Waals surface area contributed by atoms with Crippen LogP contribution in [0.5, 0.6) is 0 Å². The lowest BCUT2D eigenvalue weighted by molar-refractivity contribution is -0.137. The van der Waals surface area contributed by atoms with Gasteiger partial charge < -0.3 is 30.9 Å². The van der Waals surface area contributed by atoms with Crippen LogP contribution in [0.2, 0.25) is 0 Å². The van der Waals surface area contributed by atoms with Crippen molar-refractivity contribution in [2.24, 2.45) is 11.7 Å². The summed E-state index contributed by atoms with van der Waals surface area (Å²) in [6, 6.07) is 12.9. The summed E-state index contributed by atoms with van der Waals surface area (Å²) in [5.41, 5.74) is 12.6. The minimum Gasteiger partial charge on any atom is -0.481 e. The number of nitrogens with zero attached hydrogens (tertiary/aromatic N) is 6. The second kappa shape index (κ2) is 17.4. The molecule has 2 aromatic heterocycles. The number of nitrogens with two attached hydrogens (primary N) is 1. The standard InChI is InChI=1S/C40H56N8O4/c1-28-21-29(2)48(44-28)36-23-32(22-35(25-36)46-17-19-47(20-18-46)38(50)9-5-3-4-8-37(41)49)33(24-39(51)52)27-45-16-14-30(26-45)10-12-34-13-11-31-7-6-15-42-40(31)43-34/h11,13,21-23,25,30,33H,3-10,12,14-20,24,26-27H2,1-2H3,(H2,41,49)(H,42,43)(H,51,52)/t30-,33-/m1/s1. The topological polar surface area (TPSA) is 150 Å². The SMILES string of the molecule is Cc1cc(C)n(-c2cc([C@H](CC(=O)O)CN3CC[C@@H](CCc4ccc5c(n4)NCCC5)C3)cc(N3CCN(C(=O)CCCCCC(N)=O)CC3)c2)n1. The number of hydrogen-bond donors (Lipinski definition) is 3. The molecule has 12 nitrogen and oxygen atoms in total. The molecule has 0 radical (unpaired) electrons. The summed E-state index contributed by atoms with van der Waals surface area (Å²) in [5, 5.41) is 18.3. The molecule has 5 heterocycles. The zero-order valence-electron chi connectivity index (χ0n) is 31.0. The van der Waals surface area contributed by atoms with E-state index < -0.39 is 5.97 Å². The molecule has 280 valence electrons. The Morgan fingerprint density at radius 3 is 2.52 bits per heavy atom. The van der Waals surface area contributed by atoms with Crippen LogP contribution in [0.4, 0.5) is 11.5 Å². The Labute approximate surface area is 307 Å². The molecule has 3 aromatic rings. The van der Waals surface area contributed by atoms with Gasteiger partial charge in [0.2, 0.25) is 11.8 Å². The third-order valence-corrected chi connectivity index (χ3v) is 11.0. The summed E-state index contributed by atoms with van der Waals surface area (Å²) in [6.45, 7) is 10.3. The number of piperazine rings is 1. The van der Waals surface area contributed by atoms with Gasteiger partial charge in [-0.05, 0) is 113 Å². The fourth-order valence-corrected chi connectivity index (χ4v) is 8.16. The minimum absolute atomic E-state index is 0.0505. The van der Waals surface area contributed by atoms with Crippen molar-refractivity contribution in [1.29, 1.82) is 0 Å². The molecule has 52 heavy (non-hydrogen) atoms. The number of benzene rings is 1. The van der Waals surface area contributed by atoms with Crippen LogP contribution in [0.1, 0.15) is 91.9 Å². The van der Waals surface area contributed by atoms with E-state index in [0.717, 1.165) is 111 Å². The van der Waals surface area contributed by atoms with E-state index in [0.29, 0.717) is 51.5 Å². The highest BCUT2D eigenvalue weighted by atomic mass is 16.4. The smallest absolute Gasteiger partial charge is 0.304 e. The van der Waals surface area contributed by atoms with Crippen molar-refractivity contribution in [2.75, 3.05) is 62.6 Å². The van der Waals surface area contributed by atoms with Crippen LogP contribution in [0, 0.1) is 19.8 Å². The number of anilines is 2. The highest BCUT2D eigenvalue weighted by molar-refractivity contribution is 5.76. The molecule has 2 saturated heterocycles. The lowest BCUT2D eigenvalue weighted by Gasteiger charge is -2.37. The average Bonchev–Trinajstić information content (AvgIpc) is 3.73. The van der Waals surface area contributed by atoms with Gasteiger partial charge in [-0.15, -0.1) is 0 Å². The van der Waals surface area contributed by atoms with E-state index in [4.69, 9.17) is 15.8 Å². The fraction of sp³-hybridized carbons (Fsp3) is 0.575. The molecule has 1 aromatic carbocycles. The zero-order valence-corrected chi connectivity index (χ0v) is 31.0. The third-order valence-electron chi connectivity index (χ3n) is 11.0. The summed E-state index contributed by atoms with van der Waals surface area (Å²) in [4.78, 5) is 47.9. The van der Waals surface area contributed by atoms with E-state index in [2.05, 4.69) is 51.5 Å². The normalized spacial score (nSPS) is 18.2. The summed E-state index contributed by atoms with van der Waals surface area (Å²) in [6.07, 6.45) is 8.58. The van der Waals surface area contributed by atoms with Crippen molar-refractivity contribution in [3.8, 4) is 5.69 Å². The van der Waals surface area contributed by atoms with E-state index in [1.54, 1.807) is 0 Å². The van der Waals surface area contributed by atoms with E-state index in [9.17, 15) is 19.5 Å². The number of fused-ring (bicyclic) bond motifs is 1. The summed E-state index contributed by atoms with van der Waals surface area (Å²) in [5.74, 6) is 0.482. The molecule has 0 unspecified atom stereocenters. The molecule has 2 amide bonds. The quantitative estimate of drug-likeness (QED) is 0.177. The Hall–Kier alpha value is -4.45. The van der Waals surface area contributed by atoms with Crippen molar-refractivity contribution in [1.82, 2.24) is 24.6 Å². The molecule has 0 aliphatic carbocycles. The number of hydrogen-bond acceptors (Lipinski definition) is 8. The van der Waals surface area contributed by atoms with Crippen LogP contribution < -0.4 is 16.0 Å².